The van der Waals surface area contributed by atoms with Crippen LogP contribution < -0.4 is 20.7 Å². The minimum atomic E-state index is -0.0868. The molecule has 0 spiro atoms. The highest BCUT2D eigenvalue weighted by atomic mass is 35.5. The van der Waals surface area contributed by atoms with E-state index in [9.17, 15) is 0 Å². The molecule has 0 radical (unpaired) electrons. The Kier molecular flexibility index (Phi) is 5.44. The van der Waals surface area contributed by atoms with Gasteiger partial charge in [0, 0.05) is 10.6 Å². The van der Waals surface area contributed by atoms with Crippen molar-refractivity contribution in [2.45, 2.75) is 12.5 Å². The van der Waals surface area contributed by atoms with Crippen LogP contribution in [0, 0.1) is 0 Å². The van der Waals surface area contributed by atoms with Crippen molar-refractivity contribution in [1.29, 1.82) is 0 Å². The zero-order chi connectivity index (χ0) is 15.2. The van der Waals surface area contributed by atoms with Gasteiger partial charge in [0.25, 0.3) is 0 Å². The van der Waals surface area contributed by atoms with E-state index < -0.39 is 0 Å². The Balaban J connectivity index is 2.31. The van der Waals surface area contributed by atoms with Gasteiger partial charge < -0.3 is 9.47 Å². The Labute approximate surface area is 129 Å². The molecule has 0 heterocycles. The molecule has 2 aromatic rings. The van der Waals surface area contributed by atoms with Gasteiger partial charge in [0.05, 0.1) is 20.3 Å². The predicted molar refractivity (Wildman–Crippen MR) is 84.8 cm³/mol. The molecule has 0 bridgehead atoms. The lowest BCUT2D eigenvalue weighted by Gasteiger charge is -2.20. The zero-order valence-corrected chi connectivity index (χ0v) is 12.9. The van der Waals surface area contributed by atoms with E-state index in [2.05, 4.69) is 5.43 Å². The van der Waals surface area contributed by atoms with Gasteiger partial charge >= 0.3 is 0 Å². The van der Waals surface area contributed by atoms with Crippen LogP contribution in [0.5, 0.6) is 11.5 Å². The fraction of sp³-hybridized carbons (Fsp3) is 0.250. The number of nitrogens with one attached hydrogen (secondary N) is 1. The Morgan fingerprint density at radius 3 is 2.38 bits per heavy atom. The quantitative estimate of drug-likeness (QED) is 0.636. The number of hydrogen-bond acceptors (Lipinski definition) is 4. The van der Waals surface area contributed by atoms with Crippen LogP contribution in [0.25, 0.3) is 0 Å². The van der Waals surface area contributed by atoms with Gasteiger partial charge in [-0.1, -0.05) is 35.9 Å². The van der Waals surface area contributed by atoms with Crippen LogP contribution >= 0.6 is 11.6 Å². The van der Waals surface area contributed by atoms with Crippen molar-refractivity contribution < 1.29 is 9.47 Å². The molecule has 0 amide bonds. The van der Waals surface area contributed by atoms with Gasteiger partial charge in [-0.2, -0.15) is 0 Å². The molecule has 2 aromatic carbocycles. The second-order valence-corrected chi connectivity index (χ2v) is 5.07. The van der Waals surface area contributed by atoms with Gasteiger partial charge in [-0.15, -0.1) is 0 Å². The second kappa shape index (κ2) is 7.31. The van der Waals surface area contributed by atoms with Crippen molar-refractivity contribution in [3.8, 4) is 11.5 Å². The van der Waals surface area contributed by atoms with Crippen LogP contribution in [0.3, 0.4) is 0 Å². The smallest absolute Gasteiger partial charge is 0.165 e. The summed E-state index contributed by atoms with van der Waals surface area (Å²) in [5.74, 6) is 7.10. The van der Waals surface area contributed by atoms with Crippen molar-refractivity contribution in [2.24, 2.45) is 5.84 Å². The maximum Gasteiger partial charge on any atom is 0.165 e. The highest BCUT2D eigenvalue weighted by Gasteiger charge is 2.18. The first-order chi connectivity index (χ1) is 10.2. The molecule has 21 heavy (non-hydrogen) atoms. The van der Waals surface area contributed by atoms with Crippen molar-refractivity contribution in [3.63, 3.8) is 0 Å². The van der Waals surface area contributed by atoms with Crippen molar-refractivity contribution in [1.82, 2.24) is 5.43 Å². The molecular formula is C16H19ClN2O2. The summed E-state index contributed by atoms with van der Waals surface area (Å²) in [4.78, 5) is 0. The van der Waals surface area contributed by atoms with Gasteiger partial charge in [0.1, 0.15) is 0 Å². The number of hydrazine groups is 1. The summed E-state index contributed by atoms with van der Waals surface area (Å²) in [5, 5.41) is 0.718. The van der Waals surface area contributed by atoms with E-state index >= 15 is 0 Å². The minimum absolute atomic E-state index is 0.0868. The summed E-state index contributed by atoms with van der Waals surface area (Å²) in [6.45, 7) is 0. The molecule has 3 N–H and O–H groups in total. The number of halogens is 1. The first kappa shape index (κ1) is 15.6. The summed E-state index contributed by atoms with van der Waals surface area (Å²) < 4.78 is 10.8. The van der Waals surface area contributed by atoms with E-state index in [0.717, 1.165) is 22.6 Å². The van der Waals surface area contributed by atoms with Crippen LogP contribution in [-0.2, 0) is 6.42 Å². The maximum absolute atomic E-state index is 5.91. The third kappa shape index (κ3) is 3.67. The SMILES string of the molecule is COc1cccc(C(Cc2ccc(Cl)cc2)NN)c1OC. The largest absolute Gasteiger partial charge is 0.493 e. The average Bonchev–Trinajstić information content (AvgIpc) is 2.53. The normalized spacial score (nSPS) is 12.0. The second-order valence-electron chi connectivity index (χ2n) is 4.63. The molecule has 0 aliphatic carbocycles. The molecule has 0 saturated carbocycles. The monoisotopic (exact) mass is 306 g/mol. The topological polar surface area (TPSA) is 56.5 Å². The van der Waals surface area contributed by atoms with Crippen molar-refractivity contribution >= 4 is 11.6 Å². The number of nitrogens with two attached hydrogens (primary N) is 1. The predicted octanol–water partition coefficient (Wildman–Crippen LogP) is 3.10. The summed E-state index contributed by atoms with van der Waals surface area (Å²) in [5.41, 5.74) is 4.92. The molecule has 2 rings (SSSR count). The molecule has 0 saturated heterocycles. The minimum Gasteiger partial charge on any atom is -0.493 e. The maximum atomic E-state index is 5.91. The number of para-hydroxylation sites is 1. The van der Waals surface area contributed by atoms with Gasteiger partial charge in [0.15, 0.2) is 11.5 Å². The van der Waals surface area contributed by atoms with E-state index in [1.165, 1.54) is 0 Å². The number of methoxy groups -OCH3 is 2. The van der Waals surface area contributed by atoms with Crippen LogP contribution in [0.1, 0.15) is 17.2 Å². The van der Waals surface area contributed by atoms with E-state index in [4.69, 9.17) is 26.9 Å². The van der Waals surface area contributed by atoms with Gasteiger partial charge in [0.2, 0.25) is 0 Å². The van der Waals surface area contributed by atoms with Crippen molar-refractivity contribution in [2.75, 3.05) is 14.2 Å². The standard InChI is InChI=1S/C16H19ClN2O2/c1-20-15-5-3-4-13(16(15)21-2)14(19-18)10-11-6-8-12(17)9-7-11/h3-9,14,19H,10,18H2,1-2H3. The molecule has 4 nitrogen and oxygen atoms in total. The Morgan fingerprint density at radius 1 is 1.10 bits per heavy atom. The molecule has 1 atom stereocenters. The molecule has 0 aliphatic heterocycles. The molecule has 1 unspecified atom stereocenters. The molecular weight excluding hydrogens is 288 g/mol. The van der Waals surface area contributed by atoms with Crippen LogP contribution in [0.15, 0.2) is 42.5 Å². The summed E-state index contributed by atoms with van der Waals surface area (Å²) in [7, 11) is 3.24. The Hall–Kier alpha value is -1.75. The van der Waals surface area contributed by atoms with E-state index in [-0.39, 0.29) is 6.04 Å². The third-order valence-corrected chi connectivity index (χ3v) is 3.62. The van der Waals surface area contributed by atoms with Crippen LogP contribution in [-0.4, -0.2) is 14.2 Å². The lowest BCUT2D eigenvalue weighted by atomic mass is 9.98. The van der Waals surface area contributed by atoms with Gasteiger partial charge in [-0.3, -0.25) is 11.3 Å². The molecule has 112 valence electrons. The molecule has 0 fully saturated rings. The Bertz CT molecular complexity index is 587. The van der Waals surface area contributed by atoms with Gasteiger partial charge in [-0.05, 0) is 30.2 Å². The highest BCUT2D eigenvalue weighted by molar-refractivity contribution is 6.30. The van der Waals surface area contributed by atoms with Crippen LogP contribution in [0.4, 0.5) is 0 Å². The number of hydrogen-bond donors (Lipinski definition) is 2. The lowest BCUT2D eigenvalue weighted by molar-refractivity contribution is 0.346. The molecule has 0 aliphatic rings. The first-order valence-electron chi connectivity index (χ1n) is 6.61. The van der Waals surface area contributed by atoms with E-state index in [0.29, 0.717) is 11.5 Å². The number of ether oxygens (including phenoxy) is 2. The summed E-state index contributed by atoms with van der Waals surface area (Å²) in [6.07, 6.45) is 0.719. The molecule has 5 heteroatoms. The zero-order valence-electron chi connectivity index (χ0n) is 12.1. The van der Waals surface area contributed by atoms with Crippen molar-refractivity contribution in [3.05, 3.63) is 58.6 Å². The van der Waals surface area contributed by atoms with Crippen LogP contribution in [0.2, 0.25) is 5.02 Å². The highest BCUT2D eigenvalue weighted by Crippen LogP contribution is 2.35. The summed E-state index contributed by atoms with van der Waals surface area (Å²) in [6, 6.07) is 13.4. The van der Waals surface area contributed by atoms with E-state index in [1.807, 2.05) is 42.5 Å². The van der Waals surface area contributed by atoms with E-state index in [1.54, 1.807) is 14.2 Å². The Morgan fingerprint density at radius 2 is 1.81 bits per heavy atom. The number of rotatable bonds is 6. The fourth-order valence-electron chi connectivity index (χ4n) is 2.30. The third-order valence-electron chi connectivity index (χ3n) is 3.36. The lowest BCUT2D eigenvalue weighted by Crippen LogP contribution is -2.30. The van der Waals surface area contributed by atoms with Gasteiger partial charge in [-0.25, -0.2) is 0 Å². The average molecular weight is 307 g/mol. The number of benzene rings is 2. The molecule has 0 aromatic heterocycles. The fourth-order valence-corrected chi connectivity index (χ4v) is 2.43. The first-order valence-corrected chi connectivity index (χ1v) is 6.98. The summed E-state index contributed by atoms with van der Waals surface area (Å²) >= 11 is 5.91.